The Hall–Kier alpha value is -1.49. The number of carboxylic acid groups (broad SMARTS) is 1. The van der Waals surface area contributed by atoms with Crippen molar-refractivity contribution < 1.29 is 14.3 Å². The van der Waals surface area contributed by atoms with Crippen LogP contribution in [0.5, 0.6) is 0 Å². The summed E-state index contributed by atoms with van der Waals surface area (Å²) in [6.07, 6.45) is 4.20. The predicted octanol–water partition coefficient (Wildman–Crippen LogP) is 2.22. The summed E-state index contributed by atoms with van der Waals surface area (Å²) in [6, 6.07) is 1.26. The first-order chi connectivity index (χ1) is 8.45. The fourth-order valence-electron chi connectivity index (χ4n) is 2.67. The van der Waals surface area contributed by atoms with E-state index >= 15 is 0 Å². The number of hydrogen-bond donors (Lipinski definition) is 1. The third-order valence-corrected chi connectivity index (χ3v) is 3.83. The minimum Gasteiger partial charge on any atom is -0.480 e. The Balaban J connectivity index is 2.28. The molecule has 5 heteroatoms. The summed E-state index contributed by atoms with van der Waals surface area (Å²) < 4.78 is 13.2. The summed E-state index contributed by atoms with van der Waals surface area (Å²) >= 11 is 0. The molecular weight excluding hydrogens is 235 g/mol. The normalized spacial score (nSPS) is 26.2. The van der Waals surface area contributed by atoms with Gasteiger partial charge in [-0.1, -0.05) is 0 Å². The van der Waals surface area contributed by atoms with E-state index in [1.807, 2.05) is 11.8 Å². The predicted molar refractivity (Wildman–Crippen MR) is 64.6 cm³/mol. The molecule has 0 bridgehead atoms. The van der Waals surface area contributed by atoms with Crippen molar-refractivity contribution in [3.05, 3.63) is 29.8 Å². The minimum absolute atomic E-state index is 0.156. The van der Waals surface area contributed by atoms with Crippen LogP contribution in [0, 0.1) is 5.82 Å². The monoisotopic (exact) mass is 252 g/mol. The molecule has 0 radical (unpaired) electrons. The van der Waals surface area contributed by atoms with Gasteiger partial charge in [0.15, 0.2) is 0 Å². The van der Waals surface area contributed by atoms with Crippen LogP contribution in [0.1, 0.15) is 38.3 Å². The Bertz CT molecular complexity index is 466. The Morgan fingerprint density at radius 2 is 2.33 bits per heavy atom. The van der Waals surface area contributed by atoms with Gasteiger partial charge in [-0.25, -0.2) is 4.39 Å². The highest BCUT2D eigenvalue weighted by Gasteiger charge is 2.45. The maximum atomic E-state index is 13.2. The molecule has 18 heavy (non-hydrogen) atoms. The van der Waals surface area contributed by atoms with Crippen LogP contribution in [0.4, 0.5) is 4.39 Å². The molecule has 1 aliphatic heterocycles. The molecule has 1 aromatic heterocycles. The van der Waals surface area contributed by atoms with E-state index in [1.165, 1.54) is 6.07 Å². The lowest BCUT2D eigenvalue weighted by Gasteiger charge is -2.36. The molecule has 1 aliphatic rings. The van der Waals surface area contributed by atoms with Gasteiger partial charge in [-0.2, -0.15) is 0 Å². The van der Waals surface area contributed by atoms with E-state index in [-0.39, 0.29) is 6.04 Å². The van der Waals surface area contributed by atoms with Gasteiger partial charge >= 0.3 is 5.97 Å². The van der Waals surface area contributed by atoms with Crippen molar-refractivity contribution in [1.29, 1.82) is 0 Å². The number of pyridine rings is 1. The molecule has 1 aromatic rings. The van der Waals surface area contributed by atoms with E-state index < -0.39 is 17.3 Å². The first-order valence-electron chi connectivity index (χ1n) is 6.06. The van der Waals surface area contributed by atoms with E-state index in [9.17, 15) is 14.3 Å². The van der Waals surface area contributed by atoms with Crippen LogP contribution in [0.25, 0.3) is 0 Å². The minimum atomic E-state index is -0.869. The molecule has 1 saturated heterocycles. The molecule has 2 atom stereocenters. The van der Waals surface area contributed by atoms with Crippen molar-refractivity contribution in [2.45, 2.75) is 38.3 Å². The SMILES string of the molecule is CC(c1cncc(F)c1)N1CCCC1(C)C(=O)O. The lowest BCUT2D eigenvalue weighted by Crippen LogP contribution is -2.48. The first-order valence-corrected chi connectivity index (χ1v) is 6.06. The van der Waals surface area contributed by atoms with Crippen molar-refractivity contribution >= 4 is 5.97 Å². The summed E-state index contributed by atoms with van der Waals surface area (Å²) in [6.45, 7) is 4.33. The van der Waals surface area contributed by atoms with Gasteiger partial charge in [0.05, 0.1) is 6.20 Å². The van der Waals surface area contributed by atoms with Crippen LogP contribution in [-0.2, 0) is 4.79 Å². The van der Waals surface area contributed by atoms with Crippen LogP contribution in [0.3, 0.4) is 0 Å². The smallest absolute Gasteiger partial charge is 0.323 e. The number of rotatable bonds is 3. The molecule has 0 saturated carbocycles. The second kappa shape index (κ2) is 4.65. The largest absolute Gasteiger partial charge is 0.480 e. The highest BCUT2D eigenvalue weighted by atomic mass is 19.1. The fraction of sp³-hybridized carbons (Fsp3) is 0.538. The molecule has 2 rings (SSSR count). The average Bonchev–Trinajstić information content (AvgIpc) is 2.72. The molecule has 2 heterocycles. The third-order valence-electron chi connectivity index (χ3n) is 3.83. The van der Waals surface area contributed by atoms with Crippen LogP contribution in [-0.4, -0.2) is 33.0 Å². The number of nitrogens with zero attached hydrogens (tertiary/aromatic N) is 2. The topological polar surface area (TPSA) is 53.4 Å². The molecule has 0 aromatic carbocycles. The second-order valence-electron chi connectivity index (χ2n) is 4.99. The quantitative estimate of drug-likeness (QED) is 0.896. The number of aliphatic carboxylic acids is 1. The van der Waals surface area contributed by atoms with Gasteiger partial charge in [0.2, 0.25) is 0 Å². The number of carboxylic acids is 1. The summed E-state index contributed by atoms with van der Waals surface area (Å²) in [4.78, 5) is 17.1. The van der Waals surface area contributed by atoms with Crippen molar-refractivity contribution in [2.75, 3.05) is 6.54 Å². The molecule has 98 valence electrons. The molecule has 0 amide bonds. The maximum Gasteiger partial charge on any atom is 0.323 e. The van der Waals surface area contributed by atoms with E-state index in [0.717, 1.165) is 12.6 Å². The summed E-state index contributed by atoms with van der Waals surface area (Å²) in [5.41, 5.74) is -0.157. The number of halogens is 1. The Labute approximate surface area is 105 Å². The maximum absolute atomic E-state index is 13.2. The molecule has 1 N–H and O–H groups in total. The fourth-order valence-corrected chi connectivity index (χ4v) is 2.67. The van der Waals surface area contributed by atoms with Crippen LogP contribution in [0.15, 0.2) is 18.5 Å². The number of aromatic nitrogens is 1. The molecule has 0 spiro atoms. The number of hydrogen-bond acceptors (Lipinski definition) is 3. The van der Waals surface area contributed by atoms with Crippen LogP contribution in [0.2, 0.25) is 0 Å². The zero-order chi connectivity index (χ0) is 13.3. The average molecular weight is 252 g/mol. The van der Waals surface area contributed by atoms with Crippen molar-refractivity contribution in [1.82, 2.24) is 9.88 Å². The highest BCUT2D eigenvalue weighted by molar-refractivity contribution is 5.78. The van der Waals surface area contributed by atoms with Gasteiger partial charge in [-0.05, 0) is 44.9 Å². The summed E-state index contributed by atoms with van der Waals surface area (Å²) in [5, 5.41) is 9.36. The number of likely N-dealkylation sites (tertiary alicyclic amines) is 1. The van der Waals surface area contributed by atoms with Gasteiger partial charge < -0.3 is 5.11 Å². The number of carbonyl (C=O) groups is 1. The van der Waals surface area contributed by atoms with Crippen LogP contribution < -0.4 is 0 Å². The standard InChI is InChI=1S/C13H17FN2O2/c1-9(10-6-11(14)8-15-7-10)16-5-3-4-13(16,2)12(17)18/h6-9H,3-5H2,1-2H3,(H,17,18). The zero-order valence-electron chi connectivity index (χ0n) is 10.6. The molecule has 4 nitrogen and oxygen atoms in total. The van der Waals surface area contributed by atoms with Gasteiger partial charge in [-0.3, -0.25) is 14.7 Å². The van der Waals surface area contributed by atoms with Crippen LogP contribution >= 0.6 is 0 Å². The van der Waals surface area contributed by atoms with Gasteiger partial charge in [0, 0.05) is 12.2 Å². The Morgan fingerprint density at radius 3 is 2.94 bits per heavy atom. The van der Waals surface area contributed by atoms with Crippen molar-refractivity contribution in [3.8, 4) is 0 Å². The van der Waals surface area contributed by atoms with E-state index in [1.54, 1.807) is 13.1 Å². The Morgan fingerprint density at radius 1 is 1.61 bits per heavy atom. The van der Waals surface area contributed by atoms with E-state index in [4.69, 9.17) is 0 Å². The molecule has 0 aliphatic carbocycles. The first kappa shape index (κ1) is 13.0. The van der Waals surface area contributed by atoms with Gasteiger partial charge in [-0.15, -0.1) is 0 Å². The van der Waals surface area contributed by atoms with Crippen molar-refractivity contribution in [3.63, 3.8) is 0 Å². The molecule has 1 fully saturated rings. The molecule has 2 unspecified atom stereocenters. The highest BCUT2D eigenvalue weighted by Crippen LogP contribution is 2.36. The lowest BCUT2D eigenvalue weighted by atomic mass is 9.96. The summed E-state index contributed by atoms with van der Waals surface area (Å²) in [5.74, 6) is -1.22. The summed E-state index contributed by atoms with van der Waals surface area (Å²) in [7, 11) is 0. The van der Waals surface area contributed by atoms with Gasteiger partial charge in [0.1, 0.15) is 11.4 Å². The van der Waals surface area contributed by atoms with E-state index in [0.29, 0.717) is 18.5 Å². The lowest BCUT2D eigenvalue weighted by molar-refractivity contribution is -0.149. The van der Waals surface area contributed by atoms with Gasteiger partial charge in [0.25, 0.3) is 0 Å². The van der Waals surface area contributed by atoms with Crippen molar-refractivity contribution in [2.24, 2.45) is 0 Å². The Kier molecular flexibility index (Phi) is 3.34. The third kappa shape index (κ3) is 2.10. The second-order valence-corrected chi connectivity index (χ2v) is 4.99. The molecular formula is C13H17FN2O2. The zero-order valence-corrected chi connectivity index (χ0v) is 10.6. The van der Waals surface area contributed by atoms with E-state index in [2.05, 4.69) is 4.98 Å².